The molecule has 1 amide bonds. The molecule has 28 heavy (non-hydrogen) atoms. The lowest BCUT2D eigenvalue weighted by atomic mass is 9.98. The molecule has 0 fully saturated rings. The molecule has 0 aliphatic carbocycles. The molecule has 0 spiro atoms. The van der Waals surface area contributed by atoms with Crippen LogP contribution in [0.25, 0.3) is 11.0 Å². The van der Waals surface area contributed by atoms with Gasteiger partial charge in [0.15, 0.2) is 0 Å². The van der Waals surface area contributed by atoms with Crippen molar-refractivity contribution in [3.8, 4) is 11.5 Å². The second kappa shape index (κ2) is 7.50. The molecule has 0 bridgehead atoms. The van der Waals surface area contributed by atoms with Crippen molar-refractivity contribution in [2.45, 2.75) is 13.0 Å². The number of carbonyl (C=O) groups excluding carboxylic acids is 1. The number of benzene rings is 2. The number of methoxy groups -OCH3 is 2. The molecule has 1 aliphatic rings. The van der Waals surface area contributed by atoms with E-state index in [0.29, 0.717) is 56.7 Å². The molecule has 0 unspecified atom stereocenters. The summed E-state index contributed by atoms with van der Waals surface area (Å²) in [4.78, 5) is 14.9. The van der Waals surface area contributed by atoms with Crippen LogP contribution in [0.5, 0.6) is 11.5 Å². The first-order valence-electron chi connectivity index (χ1n) is 8.53. The molecule has 1 aromatic heterocycles. The smallest absolute Gasteiger partial charge is 0.256 e. The Hall–Kier alpha value is -1.89. The fraction of sp³-hybridized carbons (Fsp3) is 0.250. The molecule has 0 N–H and O–H groups in total. The Labute approximate surface area is 180 Å². The summed E-state index contributed by atoms with van der Waals surface area (Å²) in [5.74, 6) is 1.07. The predicted molar refractivity (Wildman–Crippen MR) is 112 cm³/mol. The first-order valence-corrected chi connectivity index (χ1v) is 10.1. The molecule has 0 saturated heterocycles. The largest absolute Gasteiger partial charge is 0.496 e. The van der Waals surface area contributed by atoms with Gasteiger partial charge in [0, 0.05) is 22.1 Å². The second-order valence-corrected chi connectivity index (χ2v) is 8.05. The summed E-state index contributed by atoms with van der Waals surface area (Å²) in [6.45, 7) is 0.830. The van der Waals surface area contributed by atoms with Crippen LogP contribution in [0, 0.1) is 0 Å². The molecule has 4 rings (SSSR count). The summed E-state index contributed by atoms with van der Waals surface area (Å²) in [5.41, 5.74) is 2.63. The number of carbonyl (C=O) groups is 1. The fourth-order valence-corrected chi connectivity index (χ4v) is 4.69. The van der Waals surface area contributed by atoms with E-state index >= 15 is 0 Å². The SMILES string of the molecule is COc1cc(OC)c2ccoc2c1CN1CCc2c(Cl)cc(Br)c(Cl)c2C1=O. The topological polar surface area (TPSA) is 51.9 Å². The summed E-state index contributed by atoms with van der Waals surface area (Å²) < 4.78 is 17.3. The number of amides is 1. The van der Waals surface area contributed by atoms with Gasteiger partial charge < -0.3 is 18.8 Å². The summed E-state index contributed by atoms with van der Waals surface area (Å²) >= 11 is 16.1. The van der Waals surface area contributed by atoms with Gasteiger partial charge in [0.05, 0.1) is 48.6 Å². The van der Waals surface area contributed by atoms with E-state index in [1.165, 1.54) is 0 Å². The van der Waals surface area contributed by atoms with Crippen LogP contribution in [0.3, 0.4) is 0 Å². The van der Waals surface area contributed by atoms with Gasteiger partial charge in [-0.25, -0.2) is 0 Å². The minimum atomic E-state index is -0.174. The highest BCUT2D eigenvalue weighted by molar-refractivity contribution is 9.10. The van der Waals surface area contributed by atoms with Crippen molar-refractivity contribution >= 4 is 56.0 Å². The lowest BCUT2D eigenvalue weighted by Crippen LogP contribution is -2.37. The van der Waals surface area contributed by atoms with Crippen molar-refractivity contribution in [3.05, 3.63) is 55.7 Å². The Kier molecular flexibility index (Phi) is 5.21. The molecule has 5 nitrogen and oxygen atoms in total. The molecule has 1 aliphatic heterocycles. The monoisotopic (exact) mass is 483 g/mol. The second-order valence-electron chi connectivity index (χ2n) is 6.41. The summed E-state index contributed by atoms with van der Waals surface area (Å²) in [5, 5.41) is 1.74. The number of hydrogen-bond donors (Lipinski definition) is 0. The molecule has 0 saturated carbocycles. The molecule has 0 radical (unpaired) electrons. The molecule has 3 aromatic rings. The lowest BCUT2D eigenvalue weighted by molar-refractivity contribution is 0.0726. The van der Waals surface area contributed by atoms with Crippen LogP contribution in [-0.2, 0) is 13.0 Å². The van der Waals surface area contributed by atoms with Crippen molar-refractivity contribution < 1.29 is 18.7 Å². The number of halogens is 3. The van der Waals surface area contributed by atoms with Gasteiger partial charge in [-0.3, -0.25) is 4.79 Å². The number of ether oxygens (including phenoxy) is 2. The zero-order valence-corrected chi connectivity index (χ0v) is 18.2. The third-order valence-corrected chi connectivity index (χ3v) is 6.54. The summed E-state index contributed by atoms with van der Waals surface area (Å²) in [6.07, 6.45) is 2.21. The van der Waals surface area contributed by atoms with Crippen molar-refractivity contribution in [1.29, 1.82) is 0 Å². The van der Waals surface area contributed by atoms with Crippen molar-refractivity contribution in [2.75, 3.05) is 20.8 Å². The molecule has 8 heteroatoms. The Bertz CT molecular complexity index is 1100. The van der Waals surface area contributed by atoms with Gasteiger partial charge in [0.1, 0.15) is 17.1 Å². The Morgan fingerprint density at radius 3 is 2.68 bits per heavy atom. The number of rotatable bonds is 4. The van der Waals surface area contributed by atoms with E-state index in [9.17, 15) is 4.79 Å². The average molecular weight is 485 g/mol. The Balaban J connectivity index is 1.77. The first-order chi connectivity index (χ1) is 13.5. The Morgan fingerprint density at radius 1 is 1.21 bits per heavy atom. The van der Waals surface area contributed by atoms with Crippen LogP contribution >= 0.6 is 39.1 Å². The minimum absolute atomic E-state index is 0.174. The van der Waals surface area contributed by atoms with E-state index in [0.717, 1.165) is 16.5 Å². The molecule has 0 atom stereocenters. The van der Waals surface area contributed by atoms with Gasteiger partial charge in [-0.05, 0) is 40.0 Å². The van der Waals surface area contributed by atoms with Crippen LogP contribution in [0.4, 0.5) is 0 Å². The minimum Gasteiger partial charge on any atom is -0.496 e. The van der Waals surface area contributed by atoms with Gasteiger partial charge in [-0.2, -0.15) is 0 Å². The summed E-state index contributed by atoms with van der Waals surface area (Å²) in [7, 11) is 3.17. The molecular formula is C20H16BrCl2NO4. The highest BCUT2D eigenvalue weighted by Gasteiger charge is 2.31. The normalized spacial score (nSPS) is 13.8. The van der Waals surface area contributed by atoms with Crippen LogP contribution in [0.2, 0.25) is 10.0 Å². The molecular weight excluding hydrogens is 469 g/mol. The maximum absolute atomic E-state index is 13.2. The summed E-state index contributed by atoms with van der Waals surface area (Å²) in [6, 6.07) is 5.36. The lowest BCUT2D eigenvalue weighted by Gasteiger charge is -2.30. The van der Waals surface area contributed by atoms with E-state index in [1.807, 2.05) is 6.07 Å². The maximum Gasteiger partial charge on any atom is 0.256 e. The van der Waals surface area contributed by atoms with E-state index in [2.05, 4.69) is 15.9 Å². The van der Waals surface area contributed by atoms with E-state index in [-0.39, 0.29) is 5.91 Å². The number of hydrogen-bond acceptors (Lipinski definition) is 4. The zero-order chi connectivity index (χ0) is 20.0. The predicted octanol–water partition coefficient (Wildman–Crippen LogP) is 5.72. The quantitative estimate of drug-likeness (QED) is 0.444. The Morgan fingerprint density at radius 2 is 1.96 bits per heavy atom. The van der Waals surface area contributed by atoms with Crippen LogP contribution in [0.1, 0.15) is 21.5 Å². The fourth-order valence-electron chi connectivity index (χ4n) is 3.58. The third kappa shape index (κ3) is 3.04. The highest BCUT2D eigenvalue weighted by atomic mass is 79.9. The van der Waals surface area contributed by atoms with Crippen molar-refractivity contribution in [3.63, 3.8) is 0 Å². The third-order valence-electron chi connectivity index (χ3n) is 4.96. The van der Waals surface area contributed by atoms with Crippen LogP contribution < -0.4 is 9.47 Å². The highest BCUT2D eigenvalue weighted by Crippen LogP contribution is 2.40. The zero-order valence-electron chi connectivity index (χ0n) is 15.1. The van der Waals surface area contributed by atoms with E-state index in [1.54, 1.807) is 37.5 Å². The van der Waals surface area contributed by atoms with Crippen molar-refractivity contribution in [1.82, 2.24) is 4.90 Å². The van der Waals surface area contributed by atoms with Crippen LogP contribution in [-0.4, -0.2) is 31.6 Å². The first kappa shape index (κ1) is 19.4. The van der Waals surface area contributed by atoms with Gasteiger partial charge >= 0.3 is 0 Å². The van der Waals surface area contributed by atoms with Gasteiger partial charge in [0.2, 0.25) is 0 Å². The number of furan rings is 1. The van der Waals surface area contributed by atoms with Gasteiger partial charge in [-0.15, -0.1) is 0 Å². The number of nitrogens with zero attached hydrogens (tertiary/aromatic N) is 1. The van der Waals surface area contributed by atoms with Crippen molar-refractivity contribution in [2.24, 2.45) is 0 Å². The standard InChI is InChI=1S/C20H16BrCl2NO4/c1-26-15-8-16(27-2)12(19-11(15)4-6-28-19)9-24-5-3-10-14(22)7-13(21)18(23)17(10)20(24)25/h4,6-8H,3,5,9H2,1-2H3. The average Bonchev–Trinajstić information content (AvgIpc) is 3.17. The molecule has 2 heterocycles. The number of fused-ring (bicyclic) bond motifs is 2. The van der Waals surface area contributed by atoms with E-state index in [4.69, 9.17) is 37.1 Å². The van der Waals surface area contributed by atoms with Gasteiger partial charge in [0.25, 0.3) is 5.91 Å². The molecule has 146 valence electrons. The van der Waals surface area contributed by atoms with Gasteiger partial charge in [-0.1, -0.05) is 23.2 Å². The van der Waals surface area contributed by atoms with E-state index < -0.39 is 0 Å². The molecule has 2 aromatic carbocycles. The van der Waals surface area contributed by atoms with Crippen LogP contribution in [0.15, 0.2) is 33.4 Å². The maximum atomic E-state index is 13.2.